The Balaban J connectivity index is 1.36. The van der Waals surface area contributed by atoms with Crippen LogP contribution in [0.1, 0.15) is 120 Å². The van der Waals surface area contributed by atoms with Gasteiger partial charge in [0, 0.05) is 11.8 Å². The monoisotopic (exact) mass is 474 g/mol. The summed E-state index contributed by atoms with van der Waals surface area (Å²) in [6, 6.07) is 0. The molecule has 0 radical (unpaired) electrons. The Morgan fingerprint density at radius 2 is 1.35 bits per heavy atom. The van der Waals surface area contributed by atoms with Gasteiger partial charge in [0.1, 0.15) is 5.78 Å². The van der Waals surface area contributed by atoms with Gasteiger partial charge in [-0.05, 0) is 114 Å². The van der Waals surface area contributed by atoms with Gasteiger partial charge >= 0.3 is 0 Å². The Kier molecular flexibility index (Phi) is 5.59. The van der Waals surface area contributed by atoms with E-state index < -0.39 is 5.60 Å². The summed E-state index contributed by atoms with van der Waals surface area (Å²) in [6.45, 7) is 17.9. The maximum atomic E-state index is 12.8. The number of ketones is 1. The van der Waals surface area contributed by atoms with Gasteiger partial charge < -0.3 is 14.6 Å². The molecule has 0 spiro atoms. The normalized spacial score (nSPS) is 53.1. The molecule has 0 aromatic heterocycles. The van der Waals surface area contributed by atoms with Gasteiger partial charge in [-0.2, -0.15) is 0 Å². The molecule has 5 fully saturated rings. The summed E-state index contributed by atoms with van der Waals surface area (Å²) in [5.41, 5.74) is -0.881. The third-order valence-corrected chi connectivity index (χ3v) is 12.2. The molecule has 4 heteroatoms. The van der Waals surface area contributed by atoms with Gasteiger partial charge in [-0.3, -0.25) is 4.79 Å². The van der Waals surface area contributed by atoms with Gasteiger partial charge in [-0.1, -0.05) is 27.7 Å². The van der Waals surface area contributed by atoms with E-state index in [4.69, 9.17) is 9.47 Å². The molecule has 4 nitrogen and oxygen atoms in total. The zero-order valence-electron chi connectivity index (χ0n) is 23.1. The third kappa shape index (κ3) is 3.44. The van der Waals surface area contributed by atoms with Crippen molar-refractivity contribution in [3.05, 3.63) is 0 Å². The molecule has 0 bridgehead atoms. The Hall–Kier alpha value is -0.450. The highest BCUT2D eigenvalue weighted by Crippen LogP contribution is 2.71. The van der Waals surface area contributed by atoms with Crippen LogP contribution in [0.5, 0.6) is 0 Å². The first-order chi connectivity index (χ1) is 15.6. The van der Waals surface area contributed by atoms with Crippen LogP contribution in [-0.4, -0.2) is 39.9 Å². The van der Waals surface area contributed by atoms with E-state index in [1.165, 1.54) is 25.7 Å². The predicted octanol–water partition coefficient (Wildman–Crippen LogP) is 6.47. The second kappa shape index (κ2) is 7.54. The highest BCUT2D eigenvalue weighted by molar-refractivity contribution is 5.85. The fourth-order valence-electron chi connectivity index (χ4n) is 10.3. The second-order valence-electron chi connectivity index (χ2n) is 15.0. The molecule has 2 heterocycles. The summed E-state index contributed by atoms with van der Waals surface area (Å²) in [6.07, 6.45) is 10.7. The fraction of sp³-hybridized carbons (Fsp3) is 0.967. The average molecular weight is 475 g/mol. The van der Waals surface area contributed by atoms with E-state index in [1.807, 2.05) is 13.8 Å². The molecule has 9 atom stereocenters. The summed E-state index contributed by atoms with van der Waals surface area (Å²) in [4.78, 5) is 12.8. The SMILES string of the molecule is CC(C)(O)[C@@H]1CC[C@@](C)([C@H]2CC[C@@](C)([C@H]3CC[C@H]4[C@@]5(C)CCC(=O)C(C)(C)[C@@H]5CC[C@]43C)O2)O1. The lowest BCUT2D eigenvalue weighted by Crippen LogP contribution is -2.58. The van der Waals surface area contributed by atoms with E-state index in [2.05, 4.69) is 41.5 Å². The molecular weight excluding hydrogens is 424 g/mol. The van der Waals surface area contributed by atoms with Crippen molar-refractivity contribution in [1.29, 1.82) is 0 Å². The molecular formula is C30H50O4. The minimum Gasteiger partial charge on any atom is -0.388 e. The zero-order chi connectivity index (χ0) is 24.9. The Morgan fingerprint density at radius 1 is 0.735 bits per heavy atom. The van der Waals surface area contributed by atoms with Crippen molar-refractivity contribution in [2.24, 2.45) is 34.0 Å². The van der Waals surface area contributed by atoms with Crippen LogP contribution in [0, 0.1) is 34.0 Å². The van der Waals surface area contributed by atoms with Gasteiger partial charge in [0.2, 0.25) is 0 Å². The Bertz CT molecular complexity index is 843. The average Bonchev–Trinajstić information content (AvgIpc) is 3.41. The van der Waals surface area contributed by atoms with Crippen molar-refractivity contribution in [1.82, 2.24) is 0 Å². The van der Waals surface area contributed by atoms with Gasteiger partial charge in [0.15, 0.2) is 0 Å². The summed E-state index contributed by atoms with van der Waals surface area (Å²) in [7, 11) is 0. The summed E-state index contributed by atoms with van der Waals surface area (Å²) >= 11 is 0. The zero-order valence-corrected chi connectivity index (χ0v) is 23.1. The fourth-order valence-corrected chi connectivity index (χ4v) is 10.3. The molecule has 194 valence electrons. The molecule has 34 heavy (non-hydrogen) atoms. The summed E-state index contributed by atoms with van der Waals surface area (Å²) in [5.74, 6) is 2.22. The van der Waals surface area contributed by atoms with Crippen LogP contribution in [-0.2, 0) is 14.3 Å². The lowest BCUT2D eigenvalue weighted by Gasteiger charge is -2.62. The first kappa shape index (κ1) is 25.2. The summed E-state index contributed by atoms with van der Waals surface area (Å²) in [5, 5.41) is 10.5. The topological polar surface area (TPSA) is 55.8 Å². The molecule has 5 rings (SSSR count). The number of hydrogen-bond acceptors (Lipinski definition) is 4. The summed E-state index contributed by atoms with van der Waals surface area (Å²) < 4.78 is 13.6. The third-order valence-electron chi connectivity index (χ3n) is 12.2. The molecule has 5 aliphatic rings. The maximum absolute atomic E-state index is 12.8. The molecule has 2 aliphatic heterocycles. The molecule has 3 saturated carbocycles. The molecule has 0 aromatic carbocycles. The van der Waals surface area contributed by atoms with Gasteiger partial charge in [-0.25, -0.2) is 0 Å². The molecule has 0 aromatic rings. The molecule has 1 N–H and O–H groups in total. The largest absolute Gasteiger partial charge is 0.388 e. The van der Waals surface area contributed by atoms with Gasteiger partial charge in [0.25, 0.3) is 0 Å². The Morgan fingerprint density at radius 3 is 2.00 bits per heavy atom. The lowest BCUT2D eigenvalue weighted by atomic mass is 9.42. The standard InChI is InChI=1S/C30H50O4/c1-25(2)19-11-15-28(6)20(27(19,5)16-12-22(25)31)9-10-21(28)29(7)17-14-24(34-29)30(8)18-13-23(33-30)26(3,4)32/h19-21,23-24,32H,9-18H2,1-8H3/t19-,20-,21-,23-,24+,27-,28+,29-,30-/m0/s1. The second-order valence-corrected chi connectivity index (χ2v) is 15.0. The first-order valence-electron chi connectivity index (χ1n) is 14.2. The van der Waals surface area contributed by atoms with E-state index in [1.54, 1.807) is 0 Å². The van der Waals surface area contributed by atoms with Crippen molar-refractivity contribution >= 4 is 5.78 Å². The maximum Gasteiger partial charge on any atom is 0.138 e. The van der Waals surface area contributed by atoms with Crippen LogP contribution in [0.25, 0.3) is 0 Å². The first-order valence-corrected chi connectivity index (χ1v) is 14.2. The number of aliphatic hydroxyl groups is 1. The van der Waals surface area contributed by atoms with Crippen LogP contribution in [0.4, 0.5) is 0 Å². The number of rotatable bonds is 3. The van der Waals surface area contributed by atoms with Crippen LogP contribution in [0.2, 0.25) is 0 Å². The van der Waals surface area contributed by atoms with Crippen molar-refractivity contribution in [3.8, 4) is 0 Å². The van der Waals surface area contributed by atoms with Crippen molar-refractivity contribution in [2.45, 2.75) is 149 Å². The van der Waals surface area contributed by atoms with Gasteiger partial charge in [-0.15, -0.1) is 0 Å². The quantitative estimate of drug-likeness (QED) is 0.509. The van der Waals surface area contributed by atoms with Crippen LogP contribution < -0.4 is 0 Å². The van der Waals surface area contributed by atoms with Crippen LogP contribution in [0.3, 0.4) is 0 Å². The van der Waals surface area contributed by atoms with E-state index in [-0.39, 0.29) is 39.7 Å². The molecule has 0 amide bonds. The number of carbonyl (C=O) groups is 1. The highest BCUT2D eigenvalue weighted by atomic mass is 16.6. The van der Waals surface area contributed by atoms with E-state index in [0.717, 1.165) is 38.5 Å². The molecule has 3 aliphatic carbocycles. The van der Waals surface area contributed by atoms with Crippen molar-refractivity contribution in [2.75, 3.05) is 0 Å². The minimum atomic E-state index is -0.810. The predicted molar refractivity (Wildman–Crippen MR) is 134 cm³/mol. The lowest BCUT2D eigenvalue weighted by molar-refractivity contribution is -0.198. The molecule has 2 saturated heterocycles. The number of ether oxygens (including phenoxy) is 2. The minimum absolute atomic E-state index is 0.102. The van der Waals surface area contributed by atoms with E-state index in [9.17, 15) is 9.90 Å². The number of carbonyl (C=O) groups excluding carboxylic acids is 1. The number of hydrogen-bond donors (Lipinski definition) is 1. The van der Waals surface area contributed by atoms with Crippen LogP contribution in [0.15, 0.2) is 0 Å². The van der Waals surface area contributed by atoms with Crippen molar-refractivity contribution < 1.29 is 19.4 Å². The smallest absolute Gasteiger partial charge is 0.138 e. The Labute approximate surface area is 207 Å². The van der Waals surface area contributed by atoms with E-state index >= 15 is 0 Å². The molecule has 0 unspecified atom stereocenters. The van der Waals surface area contributed by atoms with Gasteiger partial charge in [0.05, 0.1) is 29.0 Å². The van der Waals surface area contributed by atoms with Crippen molar-refractivity contribution in [3.63, 3.8) is 0 Å². The van der Waals surface area contributed by atoms with E-state index in [0.29, 0.717) is 23.5 Å². The number of fused-ring (bicyclic) bond motifs is 3. The van der Waals surface area contributed by atoms with Crippen LogP contribution >= 0.6 is 0 Å². The number of Topliss-reactive ketones (excluding diaryl/α,β-unsaturated/α-hetero) is 1. The highest BCUT2D eigenvalue weighted by Gasteiger charge is 2.67.